The molecule has 2 aromatic rings. The Bertz CT molecular complexity index is 535. The maximum atomic E-state index is 6.38. The van der Waals surface area contributed by atoms with Crippen LogP contribution in [0.15, 0.2) is 36.7 Å². The second-order valence-corrected chi connectivity index (χ2v) is 5.60. The average molecular weight is 260 g/mol. The highest BCUT2D eigenvalue weighted by Crippen LogP contribution is 2.28. The van der Waals surface area contributed by atoms with Crippen LogP contribution >= 0.6 is 11.8 Å². The molecule has 0 spiro atoms. The van der Waals surface area contributed by atoms with Gasteiger partial charge in [0.15, 0.2) is 0 Å². The molecule has 1 saturated heterocycles. The number of hydrogen-bond acceptors (Lipinski definition) is 4. The van der Waals surface area contributed by atoms with E-state index in [-0.39, 0.29) is 12.1 Å². The first-order valence-electron chi connectivity index (χ1n) is 6.14. The second kappa shape index (κ2) is 5.26. The monoisotopic (exact) mass is 260 g/mol. The molecule has 0 radical (unpaired) electrons. The lowest BCUT2D eigenvalue weighted by Crippen LogP contribution is -2.34. The minimum Gasteiger partial charge on any atom is -0.375 e. The molecule has 94 valence electrons. The number of benzene rings is 1. The summed E-state index contributed by atoms with van der Waals surface area (Å²) >= 11 is 1.91. The zero-order valence-electron chi connectivity index (χ0n) is 10.1. The summed E-state index contributed by atoms with van der Waals surface area (Å²) in [5, 5.41) is 2.31. The molecule has 2 atom stereocenters. The Labute approximate surface area is 111 Å². The van der Waals surface area contributed by atoms with Crippen LogP contribution in [-0.4, -0.2) is 29.2 Å². The van der Waals surface area contributed by atoms with E-state index in [9.17, 15) is 0 Å². The fourth-order valence-corrected chi connectivity index (χ4v) is 3.27. The van der Waals surface area contributed by atoms with E-state index in [1.165, 1.54) is 5.39 Å². The van der Waals surface area contributed by atoms with Crippen LogP contribution in [0.3, 0.4) is 0 Å². The first-order valence-corrected chi connectivity index (χ1v) is 7.29. The van der Waals surface area contributed by atoms with Crippen LogP contribution in [0.4, 0.5) is 0 Å². The van der Waals surface area contributed by atoms with E-state index in [0.717, 1.165) is 29.1 Å². The van der Waals surface area contributed by atoms with Crippen molar-refractivity contribution in [2.75, 3.05) is 18.1 Å². The third kappa shape index (κ3) is 2.23. The lowest BCUT2D eigenvalue weighted by Gasteiger charge is -2.28. The van der Waals surface area contributed by atoms with E-state index in [1.807, 2.05) is 36.3 Å². The van der Waals surface area contributed by atoms with Gasteiger partial charge in [0.05, 0.1) is 18.8 Å². The van der Waals surface area contributed by atoms with Gasteiger partial charge >= 0.3 is 0 Å². The topological polar surface area (TPSA) is 48.1 Å². The van der Waals surface area contributed by atoms with Crippen molar-refractivity contribution >= 4 is 22.5 Å². The van der Waals surface area contributed by atoms with Crippen molar-refractivity contribution in [3.63, 3.8) is 0 Å². The van der Waals surface area contributed by atoms with Gasteiger partial charge in [0, 0.05) is 29.3 Å². The minimum atomic E-state index is -0.0658. The van der Waals surface area contributed by atoms with Crippen molar-refractivity contribution in [3.8, 4) is 0 Å². The number of pyridine rings is 1. The van der Waals surface area contributed by atoms with E-state index in [4.69, 9.17) is 10.5 Å². The van der Waals surface area contributed by atoms with Crippen molar-refractivity contribution < 1.29 is 4.74 Å². The highest BCUT2D eigenvalue weighted by atomic mass is 32.2. The standard InChI is InChI=1S/C14H16N2OS/c15-14(13-9-18-7-6-17-13)12-3-1-2-10-8-16-5-4-11(10)12/h1-5,8,13-14H,6-7,9,15H2. The first kappa shape index (κ1) is 12.0. The molecule has 1 aliphatic rings. The highest BCUT2D eigenvalue weighted by Gasteiger charge is 2.24. The molecule has 2 heterocycles. The molecule has 2 N–H and O–H groups in total. The Morgan fingerprint density at radius 2 is 2.33 bits per heavy atom. The number of fused-ring (bicyclic) bond motifs is 1. The summed E-state index contributed by atoms with van der Waals surface area (Å²) in [7, 11) is 0. The van der Waals surface area contributed by atoms with Crippen molar-refractivity contribution in [2.45, 2.75) is 12.1 Å². The van der Waals surface area contributed by atoms with Crippen LogP contribution in [0.2, 0.25) is 0 Å². The van der Waals surface area contributed by atoms with Gasteiger partial charge in [0.1, 0.15) is 0 Å². The Balaban J connectivity index is 1.97. The lowest BCUT2D eigenvalue weighted by molar-refractivity contribution is 0.0572. The van der Waals surface area contributed by atoms with Crippen molar-refractivity contribution in [2.24, 2.45) is 5.73 Å². The summed E-state index contributed by atoms with van der Waals surface area (Å²) in [6.45, 7) is 0.801. The van der Waals surface area contributed by atoms with Crippen LogP contribution in [-0.2, 0) is 4.74 Å². The summed E-state index contributed by atoms with van der Waals surface area (Å²) in [5.74, 6) is 2.05. The predicted octanol–water partition coefficient (Wildman–Crippen LogP) is 2.37. The van der Waals surface area contributed by atoms with Crippen molar-refractivity contribution in [1.82, 2.24) is 4.98 Å². The molecule has 3 nitrogen and oxygen atoms in total. The lowest BCUT2D eigenvalue weighted by atomic mass is 9.97. The normalized spacial score (nSPS) is 21.9. The summed E-state index contributed by atoms with van der Waals surface area (Å²) in [4.78, 5) is 4.15. The molecule has 0 amide bonds. The van der Waals surface area contributed by atoms with Gasteiger partial charge in [0.2, 0.25) is 0 Å². The van der Waals surface area contributed by atoms with Crippen LogP contribution in [0.25, 0.3) is 10.8 Å². The minimum absolute atomic E-state index is 0.0658. The van der Waals surface area contributed by atoms with Crippen molar-refractivity contribution in [1.29, 1.82) is 0 Å². The molecule has 1 fully saturated rings. The number of hydrogen-bond donors (Lipinski definition) is 1. The van der Waals surface area contributed by atoms with Gasteiger partial charge in [-0.2, -0.15) is 11.8 Å². The maximum absolute atomic E-state index is 6.38. The van der Waals surface area contributed by atoms with Gasteiger partial charge in [-0.3, -0.25) is 4.98 Å². The molecular weight excluding hydrogens is 244 g/mol. The summed E-state index contributed by atoms with van der Waals surface area (Å²) in [5.41, 5.74) is 7.53. The predicted molar refractivity (Wildman–Crippen MR) is 75.7 cm³/mol. The fourth-order valence-electron chi connectivity index (χ4n) is 2.35. The highest BCUT2D eigenvalue weighted by molar-refractivity contribution is 7.99. The maximum Gasteiger partial charge on any atom is 0.0858 e. The number of nitrogens with two attached hydrogens (primary N) is 1. The number of rotatable bonds is 2. The fraction of sp³-hybridized carbons (Fsp3) is 0.357. The first-order chi connectivity index (χ1) is 8.86. The number of thioether (sulfide) groups is 1. The number of ether oxygens (including phenoxy) is 1. The van der Waals surface area contributed by atoms with Crippen LogP contribution in [0, 0.1) is 0 Å². The van der Waals surface area contributed by atoms with E-state index >= 15 is 0 Å². The molecule has 18 heavy (non-hydrogen) atoms. The van der Waals surface area contributed by atoms with E-state index < -0.39 is 0 Å². The summed E-state index contributed by atoms with van der Waals surface area (Å²) in [6.07, 6.45) is 3.80. The summed E-state index contributed by atoms with van der Waals surface area (Å²) < 4.78 is 5.78. The van der Waals surface area contributed by atoms with Gasteiger partial charge in [-0.25, -0.2) is 0 Å². The van der Waals surface area contributed by atoms with E-state index in [2.05, 4.69) is 17.1 Å². The van der Waals surface area contributed by atoms with Crippen LogP contribution in [0.5, 0.6) is 0 Å². The zero-order chi connectivity index (χ0) is 12.4. The molecule has 4 heteroatoms. The second-order valence-electron chi connectivity index (χ2n) is 4.45. The molecule has 2 unspecified atom stereocenters. The molecular formula is C14H16N2OS. The summed E-state index contributed by atoms with van der Waals surface area (Å²) in [6, 6.07) is 8.16. The molecule has 0 aliphatic carbocycles. The van der Waals surface area contributed by atoms with Crippen LogP contribution in [0.1, 0.15) is 11.6 Å². The molecule has 1 aliphatic heterocycles. The molecule has 1 aromatic carbocycles. The van der Waals surface area contributed by atoms with Crippen LogP contribution < -0.4 is 5.73 Å². The largest absolute Gasteiger partial charge is 0.375 e. The van der Waals surface area contributed by atoms with Gasteiger partial charge < -0.3 is 10.5 Å². The smallest absolute Gasteiger partial charge is 0.0858 e. The Hall–Kier alpha value is -1.10. The Kier molecular flexibility index (Phi) is 3.50. The van der Waals surface area contributed by atoms with Gasteiger partial charge in [-0.05, 0) is 17.0 Å². The van der Waals surface area contributed by atoms with E-state index in [0.29, 0.717) is 0 Å². The Morgan fingerprint density at radius 1 is 1.39 bits per heavy atom. The molecule has 0 bridgehead atoms. The zero-order valence-corrected chi connectivity index (χ0v) is 10.9. The van der Waals surface area contributed by atoms with Crippen molar-refractivity contribution in [3.05, 3.63) is 42.2 Å². The SMILES string of the molecule is NC(c1cccc2cnccc12)C1CSCCO1. The quantitative estimate of drug-likeness (QED) is 0.900. The number of aromatic nitrogens is 1. The molecule has 3 rings (SSSR count). The van der Waals surface area contributed by atoms with Gasteiger partial charge in [-0.15, -0.1) is 0 Å². The molecule has 0 saturated carbocycles. The molecule has 1 aromatic heterocycles. The van der Waals surface area contributed by atoms with Gasteiger partial charge in [0.25, 0.3) is 0 Å². The van der Waals surface area contributed by atoms with E-state index in [1.54, 1.807) is 0 Å². The third-order valence-corrected chi connectivity index (χ3v) is 4.34. The Morgan fingerprint density at radius 3 is 3.17 bits per heavy atom. The third-order valence-electron chi connectivity index (χ3n) is 3.32. The average Bonchev–Trinajstić information content (AvgIpc) is 2.47. The number of nitrogens with zero attached hydrogens (tertiary/aromatic N) is 1. The van der Waals surface area contributed by atoms with Gasteiger partial charge in [-0.1, -0.05) is 18.2 Å².